The number of rotatable bonds is 6. The van der Waals surface area contributed by atoms with Crippen molar-refractivity contribution in [1.29, 1.82) is 0 Å². The number of hydrogen-bond donors (Lipinski definition) is 4. The Balaban J connectivity index is 1.29. The fraction of sp³-hybridized carbons (Fsp3) is 0.263. The number of anilines is 3. The van der Waals surface area contributed by atoms with Gasteiger partial charge in [-0.25, -0.2) is 9.97 Å². The molecule has 0 saturated heterocycles. The molecular formula is C19H20N8. The monoisotopic (exact) mass is 360 g/mol. The van der Waals surface area contributed by atoms with Crippen LogP contribution in [0.1, 0.15) is 35.8 Å². The van der Waals surface area contributed by atoms with Gasteiger partial charge in [0, 0.05) is 30.4 Å². The Hall–Kier alpha value is -3.42. The van der Waals surface area contributed by atoms with Crippen molar-refractivity contribution in [2.45, 2.75) is 32.2 Å². The van der Waals surface area contributed by atoms with E-state index in [1.807, 2.05) is 31.2 Å². The van der Waals surface area contributed by atoms with E-state index >= 15 is 0 Å². The fourth-order valence-electron chi connectivity index (χ4n) is 3.18. The minimum Gasteiger partial charge on any atom is -0.350 e. The molecule has 27 heavy (non-hydrogen) atoms. The second-order valence-corrected chi connectivity index (χ2v) is 6.86. The van der Waals surface area contributed by atoms with Gasteiger partial charge in [0.2, 0.25) is 5.95 Å². The van der Waals surface area contributed by atoms with E-state index in [-0.39, 0.29) is 0 Å². The highest BCUT2D eigenvalue weighted by Gasteiger charge is 2.25. The van der Waals surface area contributed by atoms with Crippen molar-refractivity contribution < 1.29 is 0 Å². The van der Waals surface area contributed by atoms with Gasteiger partial charge in [-0.2, -0.15) is 10.1 Å². The van der Waals surface area contributed by atoms with Crippen LogP contribution in [0.3, 0.4) is 0 Å². The molecule has 4 N–H and O–H groups in total. The zero-order valence-corrected chi connectivity index (χ0v) is 15.0. The largest absolute Gasteiger partial charge is 0.350 e. The number of nitrogens with one attached hydrogen (secondary N) is 4. The van der Waals surface area contributed by atoms with Gasteiger partial charge in [-0.1, -0.05) is 12.1 Å². The van der Waals surface area contributed by atoms with Gasteiger partial charge in [0.05, 0.1) is 11.0 Å². The lowest BCUT2D eigenvalue weighted by Gasteiger charge is -2.07. The summed E-state index contributed by atoms with van der Waals surface area (Å²) >= 11 is 0. The van der Waals surface area contributed by atoms with Gasteiger partial charge in [0.25, 0.3) is 0 Å². The molecule has 1 aliphatic carbocycles. The Kier molecular flexibility index (Phi) is 3.74. The summed E-state index contributed by atoms with van der Waals surface area (Å²) in [5.74, 6) is 3.59. The lowest BCUT2D eigenvalue weighted by Crippen LogP contribution is -2.05. The molecule has 0 bridgehead atoms. The first kappa shape index (κ1) is 15.8. The molecule has 0 spiro atoms. The molecule has 5 rings (SSSR count). The predicted octanol–water partition coefficient (Wildman–Crippen LogP) is 3.62. The molecule has 0 atom stereocenters. The molecule has 4 aromatic rings. The number of nitrogens with zero attached hydrogens (tertiary/aromatic N) is 4. The molecule has 1 aliphatic rings. The number of fused-ring (bicyclic) bond motifs is 1. The Morgan fingerprint density at radius 1 is 1.15 bits per heavy atom. The van der Waals surface area contributed by atoms with Crippen LogP contribution in [0.5, 0.6) is 0 Å². The summed E-state index contributed by atoms with van der Waals surface area (Å²) in [7, 11) is 0. The molecule has 0 amide bonds. The smallest absolute Gasteiger partial charge is 0.224 e. The number of aryl methyl sites for hydroxylation is 1. The van der Waals surface area contributed by atoms with Crippen LogP contribution in [0.2, 0.25) is 0 Å². The van der Waals surface area contributed by atoms with E-state index in [0.717, 1.165) is 28.2 Å². The van der Waals surface area contributed by atoms with Crippen molar-refractivity contribution in [3.05, 3.63) is 53.6 Å². The van der Waals surface area contributed by atoms with Gasteiger partial charge >= 0.3 is 0 Å². The van der Waals surface area contributed by atoms with Crippen molar-refractivity contribution >= 4 is 28.6 Å². The van der Waals surface area contributed by atoms with E-state index in [9.17, 15) is 0 Å². The second-order valence-electron chi connectivity index (χ2n) is 6.86. The number of aromatic nitrogens is 6. The fourth-order valence-corrected chi connectivity index (χ4v) is 3.18. The van der Waals surface area contributed by atoms with E-state index in [2.05, 4.69) is 46.8 Å². The minimum atomic E-state index is 0.558. The van der Waals surface area contributed by atoms with Gasteiger partial charge in [0.15, 0.2) is 5.82 Å². The molecule has 1 fully saturated rings. The first-order chi connectivity index (χ1) is 13.2. The maximum absolute atomic E-state index is 4.56. The van der Waals surface area contributed by atoms with Gasteiger partial charge in [-0.05, 0) is 37.5 Å². The number of aromatic amines is 2. The lowest BCUT2D eigenvalue weighted by atomic mass is 10.2. The molecule has 0 aliphatic heterocycles. The highest BCUT2D eigenvalue weighted by atomic mass is 15.2. The minimum absolute atomic E-state index is 0.558. The van der Waals surface area contributed by atoms with Gasteiger partial charge < -0.3 is 15.6 Å². The lowest BCUT2D eigenvalue weighted by molar-refractivity contribution is 0.966. The molecule has 0 unspecified atom stereocenters. The van der Waals surface area contributed by atoms with Crippen LogP contribution in [0.25, 0.3) is 11.0 Å². The maximum Gasteiger partial charge on any atom is 0.224 e. The quantitative estimate of drug-likeness (QED) is 0.418. The Bertz CT molecular complexity index is 1090. The molecule has 8 nitrogen and oxygen atoms in total. The van der Waals surface area contributed by atoms with Crippen LogP contribution in [0.15, 0.2) is 36.5 Å². The van der Waals surface area contributed by atoms with E-state index in [1.54, 1.807) is 6.20 Å². The average Bonchev–Trinajstić information content (AvgIpc) is 3.29. The number of benzene rings is 1. The number of para-hydroxylation sites is 1. The highest BCUT2D eigenvalue weighted by Crippen LogP contribution is 2.39. The summed E-state index contributed by atoms with van der Waals surface area (Å²) in [5, 5.41) is 13.9. The molecule has 8 heteroatoms. The summed E-state index contributed by atoms with van der Waals surface area (Å²) in [6.07, 6.45) is 4.21. The Morgan fingerprint density at radius 3 is 2.96 bits per heavy atom. The number of H-pyrrole nitrogens is 2. The Labute approximate surface area is 155 Å². The van der Waals surface area contributed by atoms with E-state index in [0.29, 0.717) is 24.2 Å². The molecule has 136 valence electrons. The van der Waals surface area contributed by atoms with Crippen molar-refractivity contribution in [1.82, 2.24) is 30.1 Å². The van der Waals surface area contributed by atoms with Crippen molar-refractivity contribution in [3.63, 3.8) is 0 Å². The summed E-state index contributed by atoms with van der Waals surface area (Å²) < 4.78 is 0. The van der Waals surface area contributed by atoms with Crippen LogP contribution in [0, 0.1) is 6.92 Å². The number of hydrogen-bond acceptors (Lipinski definition) is 6. The van der Waals surface area contributed by atoms with Gasteiger partial charge in [0.1, 0.15) is 11.6 Å². The average molecular weight is 360 g/mol. The van der Waals surface area contributed by atoms with Gasteiger partial charge in [-0.3, -0.25) is 5.10 Å². The van der Waals surface area contributed by atoms with Crippen molar-refractivity contribution in [2.24, 2.45) is 0 Å². The first-order valence-corrected chi connectivity index (χ1v) is 9.08. The van der Waals surface area contributed by atoms with Crippen molar-refractivity contribution in [2.75, 3.05) is 10.6 Å². The third-order valence-electron chi connectivity index (χ3n) is 4.68. The SMILES string of the molecule is Cc1nc2c(CNc3nccc(Nc4cc(C5CC5)[nH]n4)n3)cccc2[nH]1. The second kappa shape index (κ2) is 6.39. The third-order valence-corrected chi connectivity index (χ3v) is 4.68. The summed E-state index contributed by atoms with van der Waals surface area (Å²) in [6.45, 7) is 2.55. The summed E-state index contributed by atoms with van der Waals surface area (Å²) in [6, 6.07) is 9.98. The zero-order chi connectivity index (χ0) is 18.2. The van der Waals surface area contributed by atoms with E-state index in [4.69, 9.17) is 0 Å². The van der Waals surface area contributed by atoms with E-state index in [1.165, 1.54) is 18.5 Å². The number of imidazole rings is 1. The van der Waals surface area contributed by atoms with Crippen LogP contribution >= 0.6 is 0 Å². The molecule has 3 heterocycles. The molecule has 0 radical (unpaired) electrons. The maximum atomic E-state index is 4.56. The normalized spacial score (nSPS) is 13.8. The van der Waals surface area contributed by atoms with E-state index < -0.39 is 0 Å². The zero-order valence-electron chi connectivity index (χ0n) is 15.0. The predicted molar refractivity (Wildman–Crippen MR) is 104 cm³/mol. The highest BCUT2D eigenvalue weighted by molar-refractivity contribution is 5.79. The first-order valence-electron chi connectivity index (χ1n) is 9.08. The van der Waals surface area contributed by atoms with Gasteiger partial charge in [-0.15, -0.1) is 0 Å². The molecular weight excluding hydrogens is 340 g/mol. The van der Waals surface area contributed by atoms with Crippen LogP contribution < -0.4 is 10.6 Å². The van der Waals surface area contributed by atoms with Crippen LogP contribution in [0.4, 0.5) is 17.6 Å². The Morgan fingerprint density at radius 2 is 2.07 bits per heavy atom. The molecule has 1 saturated carbocycles. The topological polar surface area (TPSA) is 107 Å². The van der Waals surface area contributed by atoms with Crippen LogP contribution in [-0.4, -0.2) is 30.1 Å². The van der Waals surface area contributed by atoms with Crippen LogP contribution in [-0.2, 0) is 6.54 Å². The molecule has 1 aromatic carbocycles. The van der Waals surface area contributed by atoms with Crippen molar-refractivity contribution in [3.8, 4) is 0 Å². The third kappa shape index (κ3) is 3.33. The summed E-state index contributed by atoms with van der Waals surface area (Å²) in [5.41, 5.74) is 4.29. The summed E-state index contributed by atoms with van der Waals surface area (Å²) in [4.78, 5) is 16.6. The standard InChI is InChI=1S/C19H20N8/c1-11-22-14-4-2-3-13(18(14)23-11)10-21-19-20-8-7-16(25-19)24-17-9-15(26-27-17)12-5-6-12/h2-4,7-9,12H,5-6,10H2,1H3,(H,22,23)(H3,20,21,24,25,26,27). The molecule has 3 aromatic heterocycles.